The van der Waals surface area contributed by atoms with Crippen LogP contribution < -0.4 is 10.0 Å². The van der Waals surface area contributed by atoms with E-state index < -0.39 is 49.9 Å². The second-order valence-corrected chi connectivity index (χ2v) is 11.4. The topological polar surface area (TPSA) is 80.5 Å². The van der Waals surface area contributed by atoms with Crippen LogP contribution in [0.25, 0.3) is 5.57 Å². The number of rotatable bonds is 3. The highest BCUT2D eigenvalue weighted by atomic mass is 32.2. The van der Waals surface area contributed by atoms with Crippen molar-refractivity contribution in [3.05, 3.63) is 86.6 Å². The van der Waals surface area contributed by atoms with Crippen LogP contribution in [0, 0.1) is 24.4 Å². The summed E-state index contributed by atoms with van der Waals surface area (Å²) in [6.07, 6.45) is 6.52. The van der Waals surface area contributed by atoms with Crippen LogP contribution in [0.4, 0.5) is 18.9 Å². The molecule has 190 valence electrons. The van der Waals surface area contributed by atoms with Gasteiger partial charge in [-0.05, 0) is 31.6 Å². The molecule has 1 aliphatic carbocycles. The molecule has 2 saturated heterocycles. The van der Waals surface area contributed by atoms with Crippen LogP contribution in [0.3, 0.4) is 0 Å². The molecule has 2 fully saturated rings. The van der Waals surface area contributed by atoms with Gasteiger partial charge in [0.2, 0.25) is 15.5 Å². The molecule has 2 aromatic carbocycles. The average Bonchev–Trinajstić information content (AvgIpc) is 2.79. The lowest BCUT2D eigenvalue weighted by Gasteiger charge is -2.35. The molecule has 0 N–H and O–H groups in total. The molecule has 6 rings (SSSR count). The van der Waals surface area contributed by atoms with Crippen LogP contribution in [0.5, 0.6) is 0 Å². The van der Waals surface area contributed by atoms with Crippen LogP contribution in [0.2, 0.25) is 0 Å². The van der Waals surface area contributed by atoms with E-state index in [4.69, 9.17) is 0 Å². The van der Waals surface area contributed by atoms with Gasteiger partial charge >= 0.3 is 0 Å². The summed E-state index contributed by atoms with van der Waals surface area (Å²) in [5.41, 5.74) is -1.54. The number of nitrogens with zero attached hydrogens (tertiary/aromatic N) is 2. The number of carboxylic acid groups (broad SMARTS) is 1. The van der Waals surface area contributed by atoms with E-state index in [0.29, 0.717) is 11.4 Å². The number of benzene rings is 2. The van der Waals surface area contributed by atoms with Crippen molar-refractivity contribution < 1.29 is 36.1 Å². The number of carbonyl (C=O) groups is 1. The maximum atomic E-state index is 15.7. The zero-order valence-corrected chi connectivity index (χ0v) is 20.6. The van der Waals surface area contributed by atoms with Crippen LogP contribution in [-0.2, 0) is 9.84 Å². The normalized spacial score (nSPS) is 19.7. The van der Waals surface area contributed by atoms with Gasteiger partial charge in [-0.25, -0.2) is 26.2 Å². The highest BCUT2D eigenvalue weighted by molar-refractivity contribution is 7.95. The number of hydrogen-bond acceptors (Lipinski definition) is 5. The molecule has 0 saturated carbocycles. The standard InChI is InChI=1S/C27H21F3N2O4S/c1-14-24(28)22(23(27(33)34)26(30)25(14)29)21-17-6-4-15(31-8-2-9-31)12-19(17)37(35,36)20-13-16(5-7-18(20)21)32-10-3-11-32/h4-7,12-13H,2-3,8-11H2,1H3. The molecule has 0 amide bonds. The quantitative estimate of drug-likeness (QED) is 0.454. The Balaban J connectivity index is 1.73. The smallest absolute Gasteiger partial charge is 0.208 e. The fraction of sp³-hybridized carbons (Fsp3) is 0.259. The minimum Gasteiger partial charge on any atom is -0.545 e. The molecule has 0 spiro atoms. The number of anilines is 1. The van der Waals surface area contributed by atoms with Gasteiger partial charge in [-0.2, -0.15) is 0 Å². The first-order chi connectivity index (χ1) is 17.6. The number of aromatic carboxylic acids is 1. The van der Waals surface area contributed by atoms with Crippen molar-refractivity contribution in [3.63, 3.8) is 0 Å². The second kappa shape index (κ2) is 8.17. The van der Waals surface area contributed by atoms with Crippen LogP contribution in [0.1, 0.15) is 39.9 Å². The zero-order valence-electron chi connectivity index (χ0n) is 19.8. The summed E-state index contributed by atoms with van der Waals surface area (Å²) in [5.74, 6) is -6.79. The molecule has 3 heterocycles. The van der Waals surface area contributed by atoms with Gasteiger partial charge in [0.1, 0.15) is 18.9 Å². The Hall–Kier alpha value is -3.66. The molecular weight excluding hydrogens is 505 g/mol. The van der Waals surface area contributed by atoms with Crippen molar-refractivity contribution in [1.82, 2.24) is 0 Å². The van der Waals surface area contributed by atoms with Crippen LogP contribution in [0.15, 0.2) is 51.8 Å². The number of sulfone groups is 1. The lowest BCUT2D eigenvalue weighted by molar-refractivity contribution is -0.582. The minimum absolute atomic E-state index is 0.0141. The SMILES string of the molecule is Cc1c(F)c(F)c(C(=O)[O-])c(C2=C3C=CC(=[N+]4CCC4)C=C3S(=O)(=O)c3cc(N4CCC4)ccc32)c1F. The van der Waals surface area contributed by atoms with Gasteiger partial charge in [0, 0.05) is 64.3 Å². The third-order valence-electron chi connectivity index (χ3n) is 7.48. The molecule has 37 heavy (non-hydrogen) atoms. The van der Waals surface area contributed by atoms with E-state index in [2.05, 4.69) is 0 Å². The molecule has 6 nitrogen and oxygen atoms in total. The lowest BCUT2D eigenvalue weighted by atomic mass is 9.85. The summed E-state index contributed by atoms with van der Waals surface area (Å²) >= 11 is 0. The summed E-state index contributed by atoms with van der Waals surface area (Å²) in [6.45, 7) is 3.99. The van der Waals surface area contributed by atoms with Gasteiger partial charge in [-0.3, -0.25) is 0 Å². The van der Waals surface area contributed by atoms with E-state index in [1.54, 1.807) is 12.1 Å². The molecule has 0 aromatic heterocycles. The molecule has 0 unspecified atom stereocenters. The summed E-state index contributed by atoms with van der Waals surface area (Å²) in [4.78, 5) is 13.7. The van der Waals surface area contributed by atoms with Crippen molar-refractivity contribution in [2.45, 2.75) is 24.7 Å². The van der Waals surface area contributed by atoms with Crippen molar-refractivity contribution >= 4 is 32.8 Å². The molecule has 0 radical (unpaired) electrons. The highest BCUT2D eigenvalue weighted by Crippen LogP contribution is 2.48. The van der Waals surface area contributed by atoms with Crippen molar-refractivity contribution in [2.75, 3.05) is 31.1 Å². The first kappa shape index (κ1) is 23.7. The molecule has 4 aliphatic rings. The van der Waals surface area contributed by atoms with E-state index in [9.17, 15) is 27.1 Å². The number of halogens is 3. The van der Waals surface area contributed by atoms with Crippen LogP contribution >= 0.6 is 0 Å². The maximum Gasteiger partial charge on any atom is 0.208 e. The Morgan fingerprint density at radius 3 is 2.35 bits per heavy atom. The molecule has 0 atom stereocenters. The van der Waals surface area contributed by atoms with Gasteiger partial charge in [0.15, 0.2) is 11.6 Å². The van der Waals surface area contributed by atoms with Gasteiger partial charge in [0.25, 0.3) is 0 Å². The summed E-state index contributed by atoms with van der Waals surface area (Å²) < 4.78 is 74.9. The monoisotopic (exact) mass is 526 g/mol. The fourth-order valence-electron chi connectivity index (χ4n) is 5.16. The van der Waals surface area contributed by atoms with E-state index in [-0.39, 0.29) is 26.5 Å². The third-order valence-corrected chi connectivity index (χ3v) is 9.32. The van der Waals surface area contributed by atoms with Crippen LogP contribution in [-0.4, -0.2) is 50.9 Å². The predicted octanol–water partition coefficient (Wildman–Crippen LogP) is 2.89. The van der Waals surface area contributed by atoms with Gasteiger partial charge in [0.05, 0.1) is 22.2 Å². The minimum atomic E-state index is -4.12. The van der Waals surface area contributed by atoms with Crippen molar-refractivity contribution in [2.24, 2.45) is 0 Å². The van der Waals surface area contributed by atoms with Crippen molar-refractivity contribution in [3.8, 4) is 0 Å². The summed E-state index contributed by atoms with van der Waals surface area (Å²) in [6, 6.07) is 4.61. The first-order valence-corrected chi connectivity index (χ1v) is 13.4. The third kappa shape index (κ3) is 3.34. The maximum absolute atomic E-state index is 15.7. The van der Waals surface area contributed by atoms with E-state index in [1.807, 2.05) is 9.48 Å². The Bertz CT molecular complexity index is 1660. The largest absolute Gasteiger partial charge is 0.545 e. The number of allylic oxidation sites excluding steroid dienone is 4. The predicted molar refractivity (Wildman–Crippen MR) is 129 cm³/mol. The van der Waals surface area contributed by atoms with E-state index in [1.165, 1.54) is 24.3 Å². The number of carboxylic acids is 1. The molecular formula is C27H21F3N2O4S. The average molecular weight is 527 g/mol. The fourth-order valence-corrected chi connectivity index (χ4v) is 6.87. The first-order valence-electron chi connectivity index (χ1n) is 11.9. The second-order valence-electron chi connectivity index (χ2n) is 9.52. The van der Waals surface area contributed by atoms with Crippen molar-refractivity contribution in [1.29, 1.82) is 0 Å². The zero-order chi connectivity index (χ0) is 26.2. The Labute approximate surface area is 211 Å². The molecule has 3 aliphatic heterocycles. The Kier molecular flexibility index (Phi) is 5.24. The lowest BCUT2D eigenvalue weighted by Crippen LogP contribution is -2.37. The Morgan fingerprint density at radius 2 is 1.76 bits per heavy atom. The van der Waals surface area contributed by atoms with E-state index in [0.717, 1.165) is 45.9 Å². The van der Waals surface area contributed by atoms with Gasteiger partial charge in [-0.15, -0.1) is 0 Å². The summed E-state index contributed by atoms with van der Waals surface area (Å²) in [5, 5.41) is 12.0. The number of fused-ring (bicyclic) bond motifs is 2. The van der Waals surface area contributed by atoms with Gasteiger partial charge in [-0.1, -0.05) is 6.07 Å². The number of hydrogen-bond donors (Lipinski definition) is 0. The van der Waals surface area contributed by atoms with Gasteiger partial charge < -0.3 is 14.8 Å². The molecule has 10 heteroatoms. The molecule has 2 aromatic rings. The number of carbonyl (C=O) groups excluding carboxylic acids is 1. The van der Waals surface area contributed by atoms with E-state index >= 15 is 4.39 Å². The Morgan fingerprint density at radius 1 is 1.03 bits per heavy atom. The molecule has 0 bridgehead atoms. The highest BCUT2D eigenvalue weighted by Gasteiger charge is 2.40. The summed E-state index contributed by atoms with van der Waals surface area (Å²) in [7, 11) is -4.12.